The lowest BCUT2D eigenvalue weighted by atomic mass is 10.1. The van der Waals surface area contributed by atoms with Gasteiger partial charge in [0.15, 0.2) is 0 Å². The summed E-state index contributed by atoms with van der Waals surface area (Å²) in [6.45, 7) is 0.729. The van der Waals surface area contributed by atoms with Crippen LogP contribution in [0.4, 0.5) is 5.95 Å². The maximum atomic E-state index is 4.65. The third kappa shape index (κ3) is 3.62. The second kappa shape index (κ2) is 7.62. The van der Waals surface area contributed by atoms with Gasteiger partial charge in [0.25, 0.3) is 0 Å². The summed E-state index contributed by atoms with van der Waals surface area (Å²) in [6.07, 6.45) is 3.76. The van der Waals surface area contributed by atoms with Crippen LogP contribution >= 0.6 is 0 Å². The van der Waals surface area contributed by atoms with E-state index in [1.54, 1.807) is 0 Å². The first kappa shape index (κ1) is 16.0. The van der Waals surface area contributed by atoms with Gasteiger partial charge in [0, 0.05) is 6.21 Å². The Morgan fingerprint density at radius 1 is 0.769 bits per heavy atom. The van der Waals surface area contributed by atoms with Crippen molar-refractivity contribution in [1.29, 1.82) is 0 Å². The Bertz CT molecular complexity index is 988. The molecule has 0 bridgehead atoms. The molecule has 0 radical (unpaired) electrons. The van der Waals surface area contributed by atoms with Crippen molar-refractivity contribution in [3.05, 3.63) is 108 Å². The largest absolute Gasteiger partial charge is 0.304 e. The van der Waals surface area contributed by atoms with Crippen LogP contribution < -0.4 is 0 Å². The zero-order valence-electron chi connectivity index (χ0n) is 14.4. The highest BCUT2D eigenvalue weighted by molar-refractivity contribution is 5.81. The maximum Gasteiger partial charge on any atom is 0.230 e. The first-order valence-corrected chi connectivity index (χ1v) is 8.64. The quantitative estimate of drug-likeness (QED) is 0.452. The minimum absolute atomic E-state index is 0.705. The number of aromatic nitrogens is 2. The molecule has 0 N–H and O–H groups in total. The van der Waals surface area contributed by atoms with Gasteiger partial charge < -0.3 is 4.57 Å². The molecule has 0 saturated heterocycles. The lowest BCUT2D eigenvalue weighted by Gasteiger charge is -2.10. The fraction of sp³-hybridized carbons (Fsp3) is 0.0435. The lowest BCUT2D eigenvalue weighted by Crippen LogP contribution is -2.01. The van der Waals surface area contributed by atoms with E-state index < -0.39 is 0 Å². The van der Waals surface area contributed by atoms with E-state index >= 15 is 0 Å². The summed E-state index contributed by atoms with van der Waals surface area (Å²) in [5.41, 5.74) is 4.48. The molecule has 0 unspecified atom stereocenters. The van der Waals surface area contributed by atoms with Crippen molar-refractivity contribution in [2.75, 3.05) is 0 Å². The van der Waals surface area contributed by atoms with E-state index in [2.05, 4.69) is 50.9 Å². The predicted molar refractivity (Wildman–Crippen MR) is 107 cm³/mol. The van der Waals surface area contributed by atoms with Gasteiger partial charge in [-0.2, -0.15) is 0 Å². The number of benzene rings is 3. The first-order valence-electron chi connectivity index (χ1n) is 8.64. The van der Waals surface area contributed by atoms with Gasteiger partial charge in [-0.3, -0.25) is 0 Å². The van der Waals surface area contributed by atoms with Crippen molar-refractivity contribution in [2.24, 2.45) is 4.99 Å². The maximum absolute atomic E-state index is 4.65. The molecular formula is C23H19N3. The van der Waals surface area contributed by atoms with Gasteiger partial charge in [0.1, 0.15) is 0 Å². The summed E-state index contributed by atoms with van der Waals surface area (Å²) in [5.74, 6) is 0.705. The van der Waals surface area contributed by atoms with Gasteiger partial charge in [0.2, 0.25) is 5.95 Å². The Kier molecular flexibility index (Phi) is 4.70. The summed E-state index contributed by atoms with van der Waals surface area (Å²) in [6, 6.07) is 30.8. The van der Waals surface area contributed by atoms with E-state index in [4.69, 9.17) is 0 Å². The molecule has 0 amide bonds. The van der Waals surface area contributed by atoms with Crippen molar-refractivity contribution in [1.82, 2.24) is 9.55 Å². The summed E-state index contributed by atoms with van der Waals surface area (Å²) in [5, 5.41) is 0. The zero-order valence-corrected chi connectivity index (χ0v) is 14.4. The number of imidazole rings is 1. The highest BCUT2D eigenvalue weighted by Gasteiger charge is 2.11. The predicted octanol–water partition coefficient (Wildman–Crippen LogP) is 5.35. The van der Waals surface area contributed by atoms with Crippen molar-refractivity contribution in [3.63, 3.8) is 0 Å². The van der Waals surface area contributed by atoms with Crippen LogP contribution in [-0.4, -0.2) is 15.8 Å². The van der Waals surface area contributed by atoms with Crippen LogP contribution in [0.5, 0.6) is 0 Å². The van der Waals surface area contributed by atoms with Crippen LogP contribution in [0, 0.1) is 0 Å². The molecule has 3 heteroatoms. The van der Waals surface area contributed by atoms with E-state index in [9.17, 15) is 0 Å². The fourth-order valence-corrected chi connectivity index (χ4v) is 2.90. The highest BCUT2D eigenvalue weighted by Crippen LogP contribution is 2.25. The van der Waals surface area contributed by atoms with E-state index in [1.165, 1.54) is 5.56 Å². The van der Waals surface area contributed by atoms with E-state index in [-0.39, 0.29) is 0 Å². The molecule has 0 aliphatic rings. The zero-order chi connectivity index (χ0) is 17.6. The molecule has 0 aliphatic carbocycles. The van der Waals surface area contributed by atoms with Crippen LogP contribution in [0.3, 0.4) is 0 Å². The molecule has 0 aliphatic heterocycles. The summed E-state index contributed by atoms with van der Waals surface area (Å²) in [4.78, 5) is 9.21. The van der Waals surface area contributed by atoms with Crippen molar-refractivity contribution >= 4 is 12.2 Å². The average Bonchev–Trinajstić information content (AvgIpc) is 3.11. The van der Waals surface area contributed by atoms with Crippen LogP contribution in [0.15, 0.2) is 102 Å². The minimum atomic E-state index is 0.705. The SMILES string of the molecule is C(=N\c1ncc(-c2ccccc2)n1Cc1ccccc1)/c1ccccc1. The van der Waals surface area contributed by atoms with E-state index in [1.807, 2.05) is 67.0 Å². The molecular weight excluding hydrogens is 318 g/mol. The molecule has 4 rings (SSSR count). The molecule has 3 nitrogen and oxygen atoms in total. The number of hydrogen-bond acceptors (Lipinski definition) is 2. The molecule has 0 atom stereocenters. The molecule has 0 fully saturated rings. The van der Waals surface area contributed by atoms with Crippen molar-refractivity contribution in [2.45, 2.75) is 6.54 Å². The van der Waals surface area contributed by atoms with E-state index in [0.29, 0.717) is 5.95 Å². The Morgan fingerprint density at radius 2 is 1.38 bits per heavy atom. The molecule has 0 saturated carbocycles. The smallest absolute Gasteiger partial charge is 0.230 e. The summed E-state index contributed by atoms with van der Waals surface area (Å²) < 4.78 is 2.16. The van der Waals surface area contributed by atoms with Gasteiger partial charge in [-0.1, -0.05) is 91.0 Å². The Balaban J connectivity index is 1.74. The van der Waals surface area contributed by atoms with Crippen LogP contribution in [0.1, 0.15) is 11.1 Å². The molecule has 0 spiro atoms. The van der Waals surface area contributed by atoms with E-state index in [0.717, 1.165) is 23.4 Å². The average molecular weight is 337 g/mol. The molecule has 1 heterocycles. The normalized spacial score (nSPS) is 11.1. The fourth-order valence-electron chi connectivity index (χ4n) is 2.90. The standard InChI is InChI=1S/C23H19N3/c1-4-10-19(11-5-1)16-24-23-25-17-22(21-14-8-3-9-15-21)26(23)18-20-12-6-2-7-13-20/h1-17H,18H2/b24-16+. The summed E-state index contributed by atoms with van der Waals surface area (Å²) >= 11 is 0. The summed E-state index contributed by atoms with van der Waals surface area (Å²) in [7, 11) is 0. The third-order valence-corrected chi connectivity index (χ3v) is 4.22. The second-order valence-corrected chi connectivity index (χ2v) is 6.05. The number of rotatable bonds is 5. The molecule has 4 aromatic rings. The highest BCUT2D eigenvalue weighted by atomic mass is 15.2. The van der Waals surface area contributed by atoms with Crippen molar-refractivity contribution in [3.8, 4) is 11.3 Å². The van der Waals surface area contributed by atoms with Crippen LogP contribution in [-0.2, 0) is 6.54 Å². The molecule has 3 aromatic carbocycles. The topological polar surface area (TPSA) is 30.2 Å². The van der Waals surface area contributed by atoms with Gasteiger partial charge in [0.05, 0.1) is 18.4 Å². The molecule has 126 valence electrons. The lowest BCUT2D eigenvalue weighted by molar-refractivity contribution is 0.808. The Labute approximate surface area is 153 Å². The van der Waals surface area contributed by atoms with Crippen LogP contribution in [0.2, 0.25) is 0 Å². The van der Waals surface area contributed by atoms with Crippen molar-refractivity contribution < 1.29 is 0 Å². The van der Waals surface area contributed by atoms with Crippen LogP contribution in [0.25, 0.3) is 11.3 Å². The molecule has 26 heavy (non-hydrogen) atoms. The van der Waals surface area contributed by atoms with Gasteiger partial charge >= 0.3 is 0 Å². The number of hydrogen-bond donors (Lipinski definition) is 0. The van der Waals surface area contributed by atoms with Gasteiger partial charge in [-0.15, -0.1) is 0 Å². The molecule has 1 aromatic heterocycles. The number of aliphatic imine (C=N–C) groups is 1. The monoisotopic (exact) mass is 337 g/mol. The first-order chi connectivity index (χ1) is 12.9. The second-order valence-electron chi connectivity index (χ2n) is 6.05. The Hall–Kier alpha value is -3.46. The minimum Gasteiger partial charge on any atom is -0.304 e. The Morgan fingerprint density at radius 3 is 2.08 bits per heavy atom. The number of nitrogens with zero attached hydrogens (tertiary/aromatic N) is 3. The third-order valence-electron chi connectivity index (χ3n) is 4.22. The van der Waals surface area contributed by atoms with Gasteiger partial charge in [-0.25, -0.2) is 9.98 Å². The van der Waals surface area contributed by atoms with Gasteiger partial charge in [-0.05, 0) is 16.7 Å².